The summed E-state index contributed by atoms with van der Waals surface area (Å²) in [6.45, 7) is 7.25. The molecule has 6 heteroatoms. The Balaban J connectivity index is 2.39. The first kappa shape index (κ1) is 16.1. The molecule has 1 aliphatic rings. The molecule has 0 heterocycles. The maximum atomic E-state index is 5.07. The molecule has 1 aliphatic carbocycles. The van der Waals surface area contributed by atoms with Crippen LogP contribution in [0.1, 0.15) is 39.0 Å². The first-order valence-electron chi connectivity index (χ1n) is 6.99. The van der Waals surface area contributed by atoms with Crippen molar-refractivity contribution >= 4 is 22.9 Å². The lowest BCUT2D eigenvalue weighted by molar-refractivity contribution is 0.155. The molecule has 2 N–H and O–H groups in total. The molecule has 0 atom stereocenters. The largest absolute Gasteiger partial charge is 0.305 e. The van der Waals surface area contributed by atoms with E-state index in [0.29, 0.717) is 0 Å². The lowest BCUT2D eigenvalue weighted by atomic mass is 9.94. The number of nitrogens with two attached hydrogens (primary N) is 1. The van der Waals surface area contributed by atoms with Gasteiger partial charge in [0.25, 0.3) is 0 Å². The third-order valence-corrected chi connectivity index (χ3v) is 4.80. The van der Waals surface area contributed by atoms with Crippen LogP contribution in [-0.4, -0.2) is 46.8 Å². The van der Waals surface area contributed by atoms with Crippen molar-refractivity contribution in [2.24, 2.45) is 16.2 Å². The van der Waals surface area contributed by atoms with Gasteiger partial charge in [0.15, 0.2) is 0 Å². The molecule has 0 amide bonds. The minimum atomic E-state index is 0.723. The highest BCUT2D eigenvalue weighted by atomic mass is 127. The molecule has 0 spiro atoms. The fourth-order valence-corrected chi connectivity index (χ4v) is 2.76. The number of nitrogens with zero attached hydrogens (tertiary/aromatic N) is 4. The van der Waals surface area contributed by atoms with E-state index in [-0.39, 0.29) is 0 Å². The zero-order valence-corrected chi connectivity index (χ0v) is 13.6. The highest BCUT2D eigenvalue weighted by molar-refractivity contribution is 14.1. The molecule has 5 nitrogen and oxygen atoms in total. The van der Waals surface area contributed by atoms with Crippen LogP contribution in [0.25, 0.3) is 0 Å². The smallest absolute Gasteiger partial charge is 0.0747 e. The molecule has 0 bridgehead atoms. The van der Waals surface area contributed by atoms with Gasteiger partial charge in [0.05, 0.1) is 6.54 Å². The topological polar surface area (TPSA) is 57.2 Å². The Labute approximate surface area is 125 Å². The minimum Gasteiger partial charge on any atom is -0.305 e. The van der Waals surface area contributed by atoms with Crippen LogP contribution >= 0.6 is 22.9 Å². The molecule has 0 saturated heterocycles. The summed E-state index contributed by atoms with van der Waals surface area (Å²) in [5.74, 6) is 5.07. The van der Waals surface area contributed by atoms with Crippen LogP contribution in [0.4, 0.5) is 0 Å². The van der Waals surface area contributed by atoms with E-state index in [9.17, 15) is 0 Å². The van der Waals surface area contributed by atoms with E-state index in [2.05, 4.69) is 48.1 Å². The summed E-state index contributed by atoms with van der Waals surface area (Å²) in [5, 5.41) is 7.25. The molecule has 0 unspecified atom stereocenters. The van der Waals surface area contributed by atoms with Crippen LogP contribution in [0.5, 0.6) is 0 Å². The molecule has 1 fully saturated rings. The molecule has 0 radical (unpaired) electrons. The van der Waals surface area contributed by atoms with E-state index in [1.165, 1.54) is 32.1 Å². The molecule has 0 aromatic heterocycles. The number of halogens is 1. The summed E-state index contributed by atoms with van der Waals surface area (Å²) in [6, 6.07) is 0.744. The Morgan fingerprint density at radius 1 is 1.17 bits per heavy atom. The Hall–Kier alpha value is 0.0500. The maximum Gasteiger partial charge on any atom is 0.0747 e. The quantitative estimate of drug-likeness (QED) is 0.236. The zero-order chi connectivity index (χ0) is 13.2. The monoisotopic (exact) mass is 367 g/mol. The fraction of sp³-hybridized carbons (Fsp3) is 1.00. The summed E-state index contributed by atoms with van der Waals surface area (Å²) in [7, 11) is 0. The van der Waals surface area contributed by atoms with Crippen molar-refractivity contribution in [3.63, 3.8) is 0 Å². The lowest BCUT2D eigenvalue weighted by Gasteiger charge is -2.34. The molecular formula is C12H26IN5. The van der Waals surface area contributed by atoms with Gasteiger partial charge in [-0.15, -0.1) is 0 Å². The van der Waals surface area contributed by atoms with Crippen molar-refractivity contribution in [1.82, 2.24) is 8.01 Å². The van der Waals surface area contributed by atoms with Gasteiger partial charge in [0.2, 0.25) is 0 Å². The second-order valence-electron chi connectivity index (χ2n) is 4.81. The van der Waals surface area contributed by atoms with Crippen molar-refractivity contribution < 1.29 is 0 Å². The summed E-state index contributed by atoms with van der Waals surface area (Å²) >= 11 is 2.40. The Morgan fingerprint density at radius 2 is 1.89 bits per heavy atom. The van der Waals surface area contributed by atoms with Gasteiger partial charge in [-0.05, 0) is 12.8 Å². The Morgan fingerprint density at radius 3 is 2.50 bits per heavy atom. The van der Waals surface area contributed by atoms with E-state index in [0.717, 1.165) is 38.8 Å². The van der Waals surface area contributed by atoms with Crippen molar-refractivity contribution in [3.05, 3.63) is 0 Å². The van der Waals surface area contributed by atoms with Gasteiger partial charge in [0, 0.05) is 55.1 Å². The molecule has 0 aromatic rings. The van der Waals surface area contributed by atoms with Crippen molar-refractivity contribution in [2.75, 3.05) is 32.7 Å². The lowest BCUT2D eigenvalue weighted by Crippen LogP contribution is -2.41. The SMILES string of the molecule is CCN(I)CCN(CCN=NN)C1CCCCC1. The predicted octanol–water partition coefficient (Wildman–Crippen LogP) is 2.62. The van der Waals surface area contributed by atoms with Gasteiger partial charge in [-0.25, -0.2) is 3.11 Å². The average Bonchev–Trinajstić information content (AvgIpc) is 2.43. The molecular weight excluding hydrogens is 341 g/mol. The number of hydrogen-bond acceptors (Lipinski definition) is 4. The van der Waals surface area contributed by atoms with Crippen LogP contribution in [0, 0.1) is 0 Å². The van der Waals surface area contributed by atoms with Crippen LogP contribution in [0.15, 0.2) is 10.3 Å². The first-order valence-corrected chi connectivity index (χ1v) is 7.96. The zero-order valence-electron chi connectivity index (χ0n) is 11.4. The van der Waals surface area contributed by atoms with Gasteiger partial charge < -0.3 is 5.84 Å². The number of hydrogen-bond donors (Lipinski definition) is 1. The standard InChI is InChI=1S/C12H26IN5/c1-2-18(13)11-10-17(9-8-15-16-14)12-6-4-3-5-7-12/h12H,2-11H2,1H3,(H2,14,15). The van der Waals surface area contributed by atoms with E-state index in [1.54, 1.807) is 0 Å². The van der Waals surface area contributed by atoms with Gasteiger partial charge >= 0.3 is 0 Å². The summed E-state index contributed by atoms with van der Waals surface area (Å²) in [4.78, 5) is 2.58. The van der Waals surface area contributed by atoms with E-state index < -0.39 is 0 Å². The molecule has 0 aromatic carbocycles. The average molecular weight is 367 g/mol. The normalized spacial score (nSPS) is 18.2. The summed E-state index contributed by atoms with van der Waals surface area (Å²) in [5.41, 5.74) is 0. The fourth-order valence-electron chi connectivity index (χ4n) is 2.55. The van der Waals surface area contributed by atoms with Crippen LogP contribution < -0.4 is 5.84 Å². The van der Waals surface area contributed by atoms with E-state index >= 15 is 0 Å². The van der Waals surface area contributed by atoms with E-state index in [4.69, 9.17) is 5.84 Å². The minimum absolute atomic E-state index is 0.723. The second kappa shape index (κ2) is 9.91. The number of likely N-dealkylation sites (N-methyl/N-ethyl adjacent to an activating group) is 1. The van der Waals surface area contributed by atoms with Crippen molar-refractivity contribution in [1.29, 1.82) is 0 Å². The van der Waals surface area contributed by atoms with Gasteiger partial charge in [0.1, 0.15) is 0 Å². The Bertz CT molecular complexity index is 231. The van der Waals surface area contributed by atoms with E-state index in [1.807, 2.05) is 0 Å². The number of rotatable bonds is 8. The van der Waals surface area contributed by atoms with Crippen molar-refractivity contribution in [2.45, 2.75) is 45.1 Å². The highest BCUT2D eigenvalue weighted by Crippen LogP contribution is 2.22. The molecule has 106 valence electrons. The first-order chi connectivity index (χ1) is 8.77. The molecule has 0 aliphatic heterocycles. The maximum absolute atomic E-state index is 5.07. The third kappa shape index (κ3) is 6.29. The van der Waals surface area contributed by atoms with Crippen LogP contribution in [0.2, 0.25) is 0 Å². The second-order valence-corrected chi connectivity index (χ2v) is 6.18. The molecule has 1 saturated carbocycles. The summed E-state index contributed by atoms with van der Waals surface area (Å²) < 4.78 is 2.33. The predicted molar refractivity (Wildman–Crippen MR) is 83.6 cm³/mol. The molecule has 1 rings (SSSR count). The van der Waals surface area contributed by atoms with Crippen LogP contribution in [-0.2, 0) is 0 Å². The van der Waals surface area contributed by atoms with Crippen molar-refractivity contribution in [3.8, 4) is 0 Å². The van der Waals surface area contributed by atoms with Gasteiger partial charge in [-0.2, -0.15) is 5.11 Å². The molecule has 18 heavy (non-hydrogen) atoms. The van der Waals surface area contributed by atoms with Gasteiger partial charge in [-0.1, -0.05) is 31.4 Å². The van der Waals surface area contributed by atoms with Gasteiger partial charge in [-0.3, -0.25) is 4.90 Å². The Kier molecular flexibility index (Phi) is 8.87. The van der Waals surface area contributed by atoms with Crippen LogP contribution in [0.3, 0.4) is 0 Å². The summed E-state index contributed by atoms with van der Waals surface area (Å²) in [6.07, 6.45) is 6.84. The highest BCUT2D eigenvalue weighted by Gasteiger charge is 2.20. The third-order valence-electron chi connectivity index (χ3n) is 3.63.